The Morgan fingerprint density at radius 1 is 1.10 bits per heavy atom. The van der Waals surface area contributed by atoms with Crippen molar-refractivity contribution in [3.8, 4) is 5.88 Å². The Hall–Kier alpha value is -2.90. The van der Waals surface area contributed by atoms with Crippen molar-refractivity contribution in [3.63, 3.8) is 0 Å². The summed E-state index contributed by atoms with van der Waals surface area (Å²) in [5.74, 6) is 2.30. The predicted molar refractivity (Wildman–Crippen MR) is 116 cm³/mol. The van der Waals surface area contributed by atoms with Crippen molar-refractivity contribution in [1.29, 1.82) is 0 Å². The number of carbonyl (C=O) groups is 1. The molecular weight excluding hydrogens is 380 g/mol. The van der Waals surface area contributed by atoms with Gasteiger partial charge in [0.1, 0.15) is 11.9 Å². The molecule has 0 radical (unpaired) electrons. The number of rotatable bonds is 5. The third kappa shape index (κ3) is 4.63. The van der Waals surface area contributed by atoms with Gasteiger partial charge in [0.15, 0.2) is 0 Å². The van der Waals surface area contributed by atoms with Gasteiger partial charge in [0.05, 0.1) is 5.56 Å². The van der Waals surface area contributed by atoms with Crippen molar-refractivity contribution >= 4 is 17.7 Å². The number of amides is 1. The highest BCUT2D eigenvalue weighted by Gasteiger charge is 2.24. The van der Waals surface area contributed by atoms with Crippen molar-refractivity contribution in [1.82, 2.24) is 19.9 Å². The SMILES string of the molecule is Cc1cc(OC2CCN(c3ccc(C(=O)N4CCCC4)cn3)CC2)nc(N(C)C)n1. The Balaban J connectivity index is 1.33. The van der Waals surface area contributed by atoms with Crippen molar-refractivity contribution in [3.05, 3.63) is 35.7 Å². The van der Waals surface area contributed by atoms with Gasteiger partial charge in [-0.25, -0.2) is 9.97 Å². The molecule has 1 amide bonds. The van der Waals surface area contributed by atoms with Crippen molar-refractivity contribution in [2.75, 3.05) is 50.1 Å². The number of aryl methyl sites for hydroxylation is 1. The summed E-state index contributed by atoms with van der Waals surface area (Å²) in [6, 6.07) is 5.75. The summed E-state index contributed by atoms with van der Waals surface area (Å²) >= 11 is 0. The average molecular weight is 411 g/mol. The van der Waals surface area contributed by atoms with E-state index in [0.29, 0.717) is 17.4 Å². The Bertz CT molecular complexity index is 872. The van der Waals surface area contributed by atoms with E-state index in [2.05, 4.69) is 19.9 Å². The van der Waals surface area contributed by atoms with Gasteiger partial charge in [0.25, 0.3) is 5.91 Å². The molecule has 0 bridgehead atoms. The van der Waals surface area contributed by atoms with Crippen molar-refractivity contribution in [2.45, 2.75) is 38.7 Å². The summed E-state index contributed by atoms with van der Waals surface area (Å²) in [5, 5.41) is 0. The van der Waals surface area contributed by atoms with Crippen molar-refractivity contribution in [2.24, 2.45) is 0 Å². The lowest BCUT2D eigenvalue weighted by Gasteiger charge is -2.32. The number of piperidine rings is 1. The molecule has 2 aromatic rings. The Morgan fingerprint density at radius 3 is 2.47 bits per heavy atom. The maximum absolute atomic E-state index is 12.5. The van der Waals surface area contributed by atoms with Gasteiger partial charge in [-0.2, -0.15) is 4.98 Å². The highest BCUT2D eigenvalue weighted by molar-refractivity contribution is 5.94. The standard InChI is InChI=1S/C22H30N6O2/c1-16-14-20(25-22(24-16)26(2)3)30-18-8-12-27(13-9-18)19-7-6-17(15-23-19)21(29)28-10-4-5-11-28/h6-7,14-15,18H,4-5,8-13H2,1-3H3. The Kier molecular flexibility index (Phi) is 6.01. The molecule has 2 aliphatic heterocycles. The second kappa shape index (κ2) is 8.85. The number of ether oxygens (including phenoxy) is 1. The van der Waals surface area contributed by atoms with E-state index >= 15 is 0 Å². The summed E-state index contributed by atoms with van der Waals surface area (Å²) in [6.07, 6.45) is 5.83. The normalized spacial score (nSPS) is 17.3. The smallest absolute Gasteiger partial charge is 0.255 e. The van der Waals surface area contributed by atoms with Gasteiger partial charge >= 0.3 is 0 Å². The zero-order valence-electron chi connectivity index (χ0n) is 18.0. The minimum absolute atomic E-state index is 0.0934. The van der Waals surface area contributed by atoms with Crippen molar-refractivity contribution < 1.29 is 9.53 Å². The maximum atomic E-state index is 12.5. The number of pyridine rings is 1. The lowest BCUT2D eigenvalue weighted by atomic mass is 10.1. The molecule has 0 spiro atoms. The summed E-state index contributed by atoms with van der Waals surface area (Å²) in [5.41, 5.74) is 1.57. The van der Waals surface area contributed by atoms with Crippen LogP contribution in [0.5, 0.6) is 5.88 Å². The third-order valence-corrected chi connectivity index (χ3v) is 5.66. The first kappa shape index (κ1) is 20.4. The first-order valence-corrected chi connectivity index (χ1v) is 10.7. The molecule has 0 aromatic carbocycles. The van der Waals surface area contributed by atoms with Crippen LogP contribution in [-0.2, 0) is 0 Å². The van der Waals surface area contributed by atoms with Gasteiger partial charge in [0.2, 0.25) is 11.8 Å². The molecule has 4 rings (SSSR count). The first-order chi connectivity index (χ1) is 14.5. The lowest BCUT2D eigenvalue weighted by Crippen LogP contribution is -2.39. The number of hydrogen-bond acceptors (Lipinski definition) is 7. The highest BCUT2D eigenvalue weighted by Crippen LogP contribution is 2.23. The van der Waals surface area contributed by atoms with E-state index in [4.69, 9.17) is 4.74 Å². The zero-order valence-corrected chi connectivity index (χ0v) is 18.0. The second-order valence-corrected chi connectivity index (χ2v) is 8.25. The van der Waals surface area contributed by atoms with Crippen LogP contribution in [0.1, 0.15) is 41.7 Å². The summed E-state index contributed by atoms with van der Waals surface area (Å²) in [6.45, 7) is 5.39. The van der Waals surface area contributed by atoms with Crippen LogP contribution in [0.15, 0.2) is 24.4 Å². The average Bonchev–Trinajstić information content (AvgIpc) is 3.28. The molecule has 2 fully saturated rings. The molecular formula is C22H30N6O2. The second-order valence-electron chi connectivity index (χ2n) is 8.25. The number of likely N-dealkylation sites (tertiary alicyclic amines) is 1. The fourth-order valence-electron chi connectivity index (χ4n) is 3.96. The van der Waals surface area contributed by atoms with Crippen LogP contribution in [0, 0.1) is 6.92 Å². The maximum Gasteiger partial charge on any atom is 0.255 e. The van der Waals surface area contributed by atoms with Gasteiger partial charge in [-0.15, -0.1) is 0 Å². The molecule has 8 nitrogen and oxygen atoms in total. The van der Waals surface area contributed by atoms with Crippen LogP contribution < -0.4 is 14.5 Å². The number of aromatic nitrogens is 3. The number of hydrogen-bond donors (Lipinski definition) is 0. The molecule has 0 N–H and O–H groups in total. The summed E-state index contributed by atoms with van der Waals surface area (Å²) in [7, 11) is 3.85. The molecule has 30 heavy (non-hydrogen) atoms. The van der Waals surface area contributed by atoms with E-state index in [1.165, 1.54) is 0 Å². The minimum atomic E-state index is 0.0934. The molecule has 0 saturated carbocycles. The third-order valence-electron chi connectivity index (χ3n) is 5.66. The molecule has 160 valence electrons. The van der Waals surface area contributed by atoms with Crippen LogP contribution >= 0.6 is 0 Å². The minimum Gasteiger partial charge on any atom is -0.474 e. The molecule has 2 aromatic heterocycles. The molecule has 0 aliphatic carbocycles. The van der Waals surface area contributed by atoms with E-state index in [0.717, 1.165) is 63.4 Å². The summed E-state index contributed by atoms with van der Waals surface area (Å²) in [4.78, 5) is 32.0. The van der Waals surface area contributed by atoms with Crippen LogP contribution in [0.4, 0.5) is 11.8 Å². The molecule has 0 atom stereocenters. The highest BCUT2D eigenvalue weighted by atomic mass is 16.5. The Morgan fingerprint density at radius 2 is 1.83 bits per heavy atom. The molecule has 2 aliphatic rings. The van der Waals surface area contributed by atoms with E-state index in [9.17, 15) is 4.79 Å². The number of carbonyl (C=O) groups excluding carboxylic acids is 1. The van der Waals surface area contributed by atoms with Gasteiger partial charge < -0.3 is 19.4 Å². The van der Waals surface area contributed by atoms with Crippen LogP contribution in [0.25, 0.3) is 0 Å². The van der Waals surface area contributed by atoms with Gasteiger partial charge in [0, 0.05) is 71.1 Å². The summed E-state index contributed by atoms with van der Waals surface area (Å²) < 4.78 is 6.14. The van der Waals surface area contributed by atoms with E-state index in [-0.39, 0.29) is 12.0 Å². The van der Waals surface area contributed by atoms with E-state index < -0.39 is 0 Å². The van der Waals surface area contributed by atoms with Gasteiger partial charge in [-0.1, -0.05) is 0 Å². The van der Waals surface area contributed by atoms with E-state index in [1.54, 1.807) is 6.20 Å². The zero-order chi connectivity index (χ0) is 21.1. The molecule has 2 saturated heterocycles. The number of nitrogens with zero attached hydrogens (tertiary/aromatic N) is 6. The molecule has 0 unspecified atom stereocenters. The molecule has 8 heteroatoms. The fourth-order valence-corrected chi connectivity index (χ4v) is 3.96. The Labute approximate surface area is 177 Å². The van der Waals surface area contributed by atoms with Crippen LogP contribution in [0.3, 0.4) is 0 Å². The largest absolute Gasteiger partial charge is 0.474 e. The van der Waals surface area contributed by atoms with Gasteiger partial charge in [-0.05, 0) is 31.9 Å². The van der Waals surface area contributed by atoms with Crippen LogP contribution in [0.2, 0.25) is 0 Å². The predicted octanol–water partition coefficient (Wildman–Crippen LogP) is 2.53. The fraction of sp³-hybridized carbons (Fsp3) is 0.545. The lowest BCUT2D eigenvalue weighted by molar-refractivity contribution is 0.0792. The molecule has 4 heterocycles. The van der Waals surface area contributed by atoms with Crippen LogP contribution in [-0.4, -0.2) is 72.1 Å². The number of anilines is 2. The quantitative estimate of drug-likeness (QED) is 0.750. The first-order valence-electron chi connectivity index (χ1n) is 10.7. The monoisotopic (exact) mass is 410 g/mol. The van der Waals surface area contributed by atoms with E-state index in [1.807, 2.05) is 49.0 Å². The van der Waals surface area contributed by atoms with Gasteiger partial charge in [-0.3, -0.25) is 4.79 Å². The topological polar surface area (TPSA) is 74.7 Å².